The Labute approximate surface area is 153 Å². The predicted molar refractivity (Wildman–Crippen MR) is 94.7 cm³/mol. The zero-order chi connectivity index (χ0) is 19.0. The second kappa shape index (κ2) is 7.00. The number of fused-ring (bicyclic) bond motifs is 1. The number of aromatic nitrogens is 4. The lowest BCUT2D eigenvalue weighted by Crippen LogP contribution is -2.35. The molecule has 4 atom stereocenters. The minimum Gasteiger partial charge on any atom is -0.387 e. The Morgan fingerprint density at radius 1 is 1.19 bits per heavy atom. The Morgan fingerprint density at radius 3 is 2.67 bits per heavy atom. The summed E-state index contributed by atoms with van der Waals surface area (Å²) in [6.45, 7) is 0.0642. The van der Waals surface area contributed by atoms with E-state index in [2.05, 4.69) is 20.3 Å². The number of aliphatic hydroxyl groups excluding tert-OH is 2. The van der Waals surface area contributed by atoms with Gasteiger partial charge in [0.2, 0.25) is 0 Å². The summed E-state index contributed by atoms with van der Waals surface area (Å²) in [6.07, 6.45) is -1.20. The number of carbonyl (C=O) groups excluding carboxylic acids is 1. The molecule has 1 aliphatic heterocycles. The average molecular weight is 370 g/mol. The van der Waals surface area contributed by atoms with Crippen LogP contribution < -0.4 is 11.1 Å². The molecular weight excluding hydrogens is 352 g/mol. The summed E-state index contributed by atoms with van der Waals surface area (Å²) >= 11 is 0. The van der Waals surface area contributed by atoms with Crippen LogP contribution in [0.1, 0.15) is 16.6 Å². The van der Waals surface area contributed by atoms with Gasteiger partial charge in [0.1, 0.15) is 24.6 Å². The number of nitrogens with zero attached hydrogens (tertiary/aromatic N) is 4. The van der Waals surface area contributed by atoms with Crippen molar-refractivity contribution >= 4 is 22.9 Å². The second-order valence-corrected chi connectivity index (χ2v) is 6.15. The van der Waals surface area contributed by atoms with Gasteiger partial charge < -0.3 is 26.0 Å². The average Bonchev–Trinajstić information content (AvgIpc) is 3.25. The predicted octanol–water partition coefficient (Wildman–Crippen LogP) is -0.344. The van der Waals surface area contributed by atoms with Crippen LogP contribution in [-0.4, -0.2) is 60.5 Å². The molecule has 0 bridgehead atoms. The van der Waals surface area contributed by atoms with Crippen LogP contribution in [0, 0.1) is 0 Å². The SMILES string of the molecule is NC[C@H]1O[C@@H](n2cnc3c(NC(=O)c4ccccc4)ncnc32)[C@H](O)[C@@H]1O. The second-order valence-electron chi connectivity index (χ2n) is 6.15. The van der Waals surface area contributed by atoms with E-state index in [0.717, 1.165) is 0 Å². The van der Waals surface area contributed by atoms with Gasteiger partial charge in [-0.2, -0.15) is 0 Å². The van der Waals surface area contributed by atoms with Crippen molar-refractivity contribution < 1.29 is 19.7 Å². The Hall–Kier alpha value is -2.92. The number of imidazole rings is 1. The first kappa shape index (κ1) is 17.5. The largest absolute Gasteiger partial charge is 0.387 e. The fraction of sp³-hybridized carbons (Fsp3) is 0.294. The maximum Gasteiger partial charge on any atom is 0.256 e. The highest BCUT2D eigenvalue weighted by Crippen LogP contribution is 2.31. The van der Waals surface area contributed by atoms with Crippen molar-refractivity contribution in [2.45, 2.75) is 24.5 Å². The minimum absolute atomic E-state index is 0.0642. The van der Waals surface area contributed by atoms with E-state index in [-0.39, 0.29) is 18.3 Å². The van der Waals surface area contributed by atoms with Gasteiger partial charge in [0, 0.05) is 12.1 Å². The molecule has 3 aromatic rings. The molecule has 0 unspecified atom stereocenters. The molecule has 4 rings (SSSR count). The number of ether oxygens (including phenoxy) is 1. The lowest BCUT2D eigenvalue weighted by atomic mass is 10.1. The van der Waals surface area contributed by atoms with E-state index in [1.807, 2.05) is 6.07 Å². The summed E-state index contributed by atoms with van der Waals surface area (Å²) in [7, 11) is 0. The van der Waals surface area contributed by atoms with E-state index in [9.17, 15) is 15.0 Å². The first-order chi connectivity index (χ1) is 13.1. The summed E-state index contributed by atoms with van der Waals surface area (Å²) in [5.41, 5.74) is 6.72. The van der Waals surface area contributed by atoms with E-state index in [1.54, 1.807) is 24.3 Å². The summed E-state index contributed by atoms with van der Waals surface area (Å²) in [5, 5.41) is 23.0. The van der Waals surface area contributed by atoms with Crippen molar-refractivity contribution in [3.8, 4) is 0 Å². The molecule has 10 heteroatoms. The third-order valence-corrected chi connectivity index (χ3v) is 4.47. The van der Waals surface area contributed by atoms with E-state index in [1.165, 1.54) is 17.2 Å². The van der Waals surface area contributed by atoms with Crippen molar-refractivity contribution in [3.63, 3.8) is 0 Å². The van der Waals surface area contributed by atoms with E-state index in [0.29, 0.717) is 16.7 Å². The molecule has 27 heavy (non-hydrogen) atoms. The molecule has 0 radical (unpaired) electrons. The zero-order valence-electron chi connectivity index (χ0n) is 14.1. The summed E-state index contributed by atoms with van der Waals surface area (Å²) in [5.74, 6) is -0.100. The number of hydrogen-bond acceptors (Lipinski definition) is 8. The van der Waals surface area contributed by atoms with Crippen molar-refractivity contribution in [1.82, 2.24) is 19.5 Å². The number of aliphatic hydroxyl groups is 2. The van der Waals surface area contributed by atoms with Gasteiger partial charge in [0.25, 0.3) is 5.91 Å². The minimum atomic E-state index is -1.19. The quantitative estimate of drug-likeness (QED) is 0.487. The number of rotatable bonds is 4. The highest BCUT2D eigenvalue weighted by atomic mass is 16.6. The Bertz CT molecular complexity index is 962. The molecule has 1 fully saturated rings. The van der Waals surface area contributed by atoms with Crippen LogP contribution in [0.15, 0.2) is 43.0 Å². The number of amides is 1. The number of nitrogens with two attached hydrogens (primary N) is 1. The van der Waals surface area contributed by atoms with Crippen LogP contribution in [0.2, 0.25) is 0 Å². The van der Waals surface area contributed by atoms with Gasteiger partial charge in [-0.05, 0) is 12.1 Å². The van der Waals surface area contributed by atoms with Gasteiger partial charge in [-0.1, -0.05) is 18.2 Å². The number of benzene rings is 1. The zero-order valence-corrected chi connectivity index (χ0v) is 14.1. The normalized spacial score (nSPS) is 25.0. The van der Waals surface area contributed by atoms with Crippen molar-refractivity contribution in [2.75, 3.05) is 11.9 Å². The summed E-state index contributed by atoms with van der Waals surface area (Å²) in [4.78, 5) is 24.9. The topological polar surface area (TPSA) is 148 Å². The molecule has 0 spiro atoms. The number of carbonyl (C=O) groups is 1. The monoisotopic (exact) mass is 370 g/mol. The number of anilines is 1. The standard InChI is InChI=1S/C17H18N6O4/c18-6-10-12(24)13(25)17(27-10)23-8-21-11-14(19-7-20-15(11)23)22-16(26)9-4-2-1-3-5-9/h1-5,7-8,10,12-13,17,24-25H,6,18H2,(H,19,20,22,26)/t10-,12-,13-,17-/m1/s1. The number of nitrogens with one attached hydrogen (secondary N) is 1. The Kier molecular flexibility index (Phi) is 4.54. The third kappa shape index (κ3) is 3.04. The molecule has 2 aromatic heterocycles. The molecule has 0 aliphatic carbocycles. The van der Waals surface area contributed by atoms with E-state index in [4.69, 9.17) is 10.5 Å². The van der Waals surface area contributed by atoms with Crippen LogP contribution in [-0.2, 0) is 4.74 Å². The van der Waals surface area contributed by atoms with Crippen molar-refractivity contribution in [3.05, 3.63) is 48.5 Å². The lowest BCUT2D eigenvalue weighted by molar-refractivity contribution is -0.0322. The van der Waals surface area contributed by atoms with E-state index < -0.39 is 24.5 Å². The van der Waals surface area contributed by atoms with Crippen LogP contribution in [0.4, 0.5) is 5.82 Å². The Morgan fingerprint density at radius 2 is 1.96 bits per heavy atom. The third-order valence-electron chi connectivity index (χ3n) is 4.47. The molecule has 3 heterocycles. The first-order valence-corrected chi connectivity index (χ1v) is 8.35. The molecule has 0 saturated carbocycles. The molecule has 1 saturated heterocycles. The van der Waals surface area contributed by atoms with Gasteiger partial charge in [-0.3, -0.25) is 9.36 Å². The van der Waals surface area contributed by atoms with Gasteiger partial charge >= 0.3 is 0 Å². The van der Waals surface area contributed by atoms with Gasteiger partial charge in [0.05, 0.1) is 6.33 Å². The van der Waals surface area contributed by atoms with Crippen LogP contribution in [0.5, 0.6) is 0 Å². The van der Waals surface area contributed by atoms with Crippen LogP contribution in [0.3, 0.4) is 0 Å². The number of hydrogen-bond donors (Lipinski definition) is 4. The fourth-order valence-corrected chi connectivity index (χ4v) is 3.05. The molecule has 5 N–H and O–H groups in total. The van der Waals surface area contributed by atoms with Crippen molar-refractivity contribution in [1.29, 1.82) is 0 Å². The van der Waals surface area contributed by atoms with E-state index >= 15 is 0 Å². The maximum atomic E-state index is 12.4. The van der Waals surface area contributed by atoms with Crippen LogP contribution in [0.25, 0.3) is 11.2 Å². The van der Waals surface area contributed by atoms with Crippen molar-refractivity contribution in [2.24, 2.45) is 5.73 Å². The molecule has 1 aromatic carbocycles. The highest BCUT2D eigenvalue weighted by Gasteiger charge is 2.43. The molecular formula is C17H18N6O4. The summed E-state index contributed by atoms with van der Waals surface area (Å²) < 4.78 is 7.11. The molecule has 140 valence electrons. The molecule has 1 amide bonds. The first-order valence-electron chi connectivity index (χ1n) is 8.35. The van der Waals surface area contributed by atoms with Gasteiger partial charge in [0.15, 0.2) is 23.2 Å². The van der Waals surface area contributed by atoms with Crippen LogP contribution >= 0.6 is 0 Å². The highest BCUT2D eigenvalue weighted by molar-refractivity contribution is 6.06. The Balaban J connectivity index is 1.65. The maximum absolute atomic E-state index is 12.4. The van der Waals surface area contributed by atoms with Gasteiger partial charge in [-0.25, -0.2) is 15.0 Å². The summed E-state index contributed by atoms with van der Waals surface area (Å²) in [6, 6.07) is 8.71. The fourth-order valence-electron chi connectivity index (χ4n) is 3.05. The molecule has 1 aliphatic rings. The smallest absolute Gasteiger partial charge is 0.256 e. The lowest BCUT2D eigenvalue weighted by Gasteiger charge is -2.16. The van der Waals surface area contributed by atoms with Gasteiger partial charge in [-0.15, -0.1) is 0 Å². The molecule has 10 nitrogen and oxygen atoms in total.